The van der Waals surface area contributed by atoms with Crippen molar-refractivity contribution >= 4 is 23.0 Å². The molecule has 0 saturated heterocycles. The molecule has 0 aliphatic rings. The van der Waals surface area contributed by atoms with Crippen LogP contribution in [0.1, 0.15) is 11.1 Å². The van der Waals surface area contributed by atoms with E-state index in [0.29, 0.717) is 10.7 Å². The molecule has 0 saturated carbocycles. The summed E-state index contributed by atoms with van der Waals surface area (Å²) < 4.78 is 13.6. The molecule has 0 spiro atoms. The van der Waals surface area contributed by atoms with Gasteiger partial charge in [0.1, 0.15) is 5.82 Å². The van der Waals surface area contributed by atoms with E-state index in [-0.39, 0.29) is 5.82 Å². The number of halogens is 2. The second kappa shape index (κ2) is 4.76. The van der Waals surface area contributed by atoms with Crippen LogP contribution in [0.25, 0.3) is 0 Å². The molecule has 0 fully saturated rings. The Kier molecular flexibility index (Phi) is 3.34. The van der Waals surface area contributed by atoms with Crippen molar-refractivity contribution in [3.8, 4) is 0 Å². The minimum atomic E-state index is -0.350. The van der Waals surface area contributed by atoms with Gasteiger partial charge >= 0.3 is 0 Å². The molecule has 3 heteroatoms. The van der Waals surface area contributed by atoms with Crippen molar-refractivity contribution in [2.75, 3.05) is 5.32 Å². The zero-order valence-corrected chi connectivity index (χ0v) is 10.5. The van der Waals surface area contributed by atoms with E-state index in [1.54, 1.807) is 12.1 Å². The Hall–Kier alpha value is -1.54. The van der Waals surface area contributed by atoms with Crippen LogP contribution in [0.2, 0.25) is 5.02 Å². The van der Waals surface area contributed by atoms with Crippen LogP contribution in [0.15, 0.2) is 36.4 Å². The fourth-order valence-electron chi connectivity index (χ4n) is 1.71. The summed E-state index contributed by atoms with van der Waals surface area (Å²) >= 11 is 5.96. The molecular weight excluding hydrogens is 237 g/mol. The monoisotopic (exact) mass is 249 g/mol. The Morgan fingerprint density at radius 2 is 1.88 bits per heavy atom. The summed E-state index contributed by atoms with van der Waals surface area (Å²) in [5.74, 6) is -0.350. The number of rotatable bonds is 2. The van der Waals surface area contributed by atoms with Gasteiger partial charge in [-0.1, -0.05) is 35.4 Å². The van der Waals surface area contributed by atoms with E-state index in [4.69, 9.17) is 11.6 Å². The molecule has 2 aromatic carbocycles. The van der Waals surface area contributed by atoms with Gasteiger partial charge in [-0.05, 0) is 37.6 Å². The maximum atomic E-state index is 13.6. The minimum Gasteiger partial charge on any atom is -0.352 e. The first kappa shape index (κ1) is 11.9. The van der Waals surface area contributed by atoms with Crippen molar-refractivity contribution in [1.82, 2.24) is 0 Å². The van der Waals surface area contributed by atoms with Gasteiger partial charge in [0.15, 0.2) is 0 Å². The molecular formula is C14H13ClFN. The fraction of sp³-hybridized carbons (Fsp3) is 0.143. The molecule has 2 aromatic rings. The fourth-order valence-corrected chi connectivity index (χ4v) is 1.92. The van der Waals surface area contributed by atoms with E-state index in [0.717, 1.165) is 11.3 Å². The van der Waals surface area contributed by atoms with Crippen LogP contribution in [0.4, 0.5) is 15.8 Å². The smallest absolute Gasteiger partial charge is 0.148 e. The SMILES string of the molecule is Cc1ccc(Nc2c(F)cccc2Cl)c(C)c1. The highest BCUT2D eigenvalue weighted by Crippen LogP contribution is 2.29. The molecule has 0 amide bonds. The first-order valence-corrected chi connectivity index (χ1v) is 5.74. The third-order valence-corrected chi connectivity index (χ3v) is 2.92. The zero-order chi connectivity index (χ0) is 12.4. The number of para-hydroxylation sites is 1. The summed E-state index contributed by atoms with van der Waals surface area (Å²) in [4.78, 5) is 0. The van der Waals surface area contributed by atoms with Gasteiger partial charge in [0.2, 0.25) is 0 Å². The Bertz CT molecular complexity index is 532. The summed E-state index contributed by atoms with van der Waals surface area (Å²) in [5.41, 5.74) is 3.42. The molecule has 1 N–H and O–H groups in total. The second-order valence-electron chi connectivity index (χ2n) is 4.04. The topological polar surface area (TPSA) is 12.0 Å². The lowest BCUT2D eigenvalue weighted by atomic mass is 10.1. The Labute approximate surface area is 105 Å². The molecule has 0 aliphatic heterocycles. The highest BCUT2D eigenvalue weighted by atomic mass is 35.5. The van der Waals surface area contributed by atoms with Gasteiger partial charge in [0.05, 0.1) is 10.7 Å². The highest BCUT2D eigenvalue weighted by Gasteiger charge is 2.08. The molecule has 1 nitrogen and oxygen atoms in total. The first-order valence-electron chi connectivity index (χ1n) is 5.36. The number of nitrogens with one attached hydrogen (secondary N) is 1. The number of anilines is 2. The Morgan fingerprint density at radius 3 is 2.53 bits per heavy atom. The van der Waals surface area contributed by atoms with Gasteiger partial charge in [-0.25, -0.2) is 4.39 Å². The van der Waals surface area contributed by atoms with Crippen LogP contribution in [-0.2, 0) is 0 Å². The van der Waals surface area contributed by atoms with E-state index in [1.165, 1.54) is 11.6 Å². The van der Waals surface area contributed by atoms with E-state index in [9.17, 15) is 4.39 Å². The van der Waals surface area contributed by atoms with E-state index in [1.807, 2.05) is 32.0 Å². The standard InChI is InChI=1S/C14H13ClFN/c1-9-6-7-13(10(2)8-9)17-14-11(15)4-3-5-12(14)16/h3-8,17H,1-2H3. The maximum absolute atomic E-state index is 13.6. The number of hydrogen-bond acceptors (Lipinski definition) is 1. The molecule has 0 bridgehead atoms. The van der Waals surface area contributed by atoms with Gasteiger partial charge in [-0.15, -0.1) is 0 Å². The minimum absolute atomic E-state index is 0.320. The Balaban J connectivity index is 2.38. The quantitative estimate of drug-likeness (QED) is 0.803. The van der Waals surface area contributed by atoms with Crippen molar-refractivity contribution in [1.29, 1.82) is 0 Å². The van der Waals surface area contributed by atoms with Crippen molar-refractivity contribution < 1.29 is 4.39 Å². The molecule has 2 rings (SSSR count). The largest absolute Gasteiger partial charge is 0.352 e. The third kappa shape index (κ3) is 2.59. The van der Waals surface area contributed by atoms with E-state index in [2.05, 4.69) is 5.32 Å². The predicted octanol–water partition coefficient (Wildman–Crippen LogP) is 4.84. The zero-order valence-electron chi connectivity index (χ0n) is 9.72. The maximum Gasteiger partial charge on any atom is 0.148 e. The van der Waals surface area contributed by atoms with Gasteiger partial charge in [0, 0.05) is 5.69 Å². The molecule has 0 aromatic heterocycles. The predicted molar refractivity (Wildman–Crippen MR) is 70.6 cm³/mol. The lowest BCUT2D eigenvalue weighted by Crippen LogP contribution is -1.97. The van der Waals surface area contributed by atoms with Crippen molar-refractivity contribution in [3.63, 3.8) is 0 Å². The molecule has 0 atom stereocenters. The van der Waals surface area contributed by atoms with E-state index >= 15 is 0 Å². The van der Waals surface area contributed by atoms with Gasteiger partial charge < -0.3 is 5.32 Å². The van der Waals surface area contributed by atoms with Gasteiger partial charge in [0.25, 0.3) is 0 Å². The number of benzene rings is 2. The summed E-state index contributed by atoms with van der Waals surface area (Å²) in [6.07, 6.45) is 0. The highest BCUT2D eigenvalue weighted by molar-refractivity contribution is 6.33. The van der Waals surface area contributed by atoms with E-state index < -0.39 is 0 Å². The molecule has 17 heavy (non-hydrogen) atoms. The van der Waals surface area contributed by atoms with Crippen LogP contribution in [0.3, 0.4) is 0 Å². The molecule has 0 aliphatic carbocycles. The van der Waals surface area contributed by atoms with Crippen LogP contribution in [0.5, 0.6) is 0 Å². The van der Waals surface area contributed by atoms with Gasteiger partial charge in [-0.3, -0.25) is 0 Å². The summed E-state index contributed by atoms with van der Waals surface area (Å²) in [5, 5.41) is 3.41. The number of hydrogen-bond donors (Lipinski definition) is 1. The lowest BCUT2D eigenvalue weighted by Gasteiger charge is -2.12. The average molecular weight is 250 g/mol. The first-order chi connectivity index (χ1) is 8.08. The van der Waals surface area contributed by atoms with Crippen LogP contribution >= 0.6 is 11.6 Å². The molecule has 0 heterocycles. The number of aryl methyl sites for hydroxylation is 2. The molecule has 88 valence electrons. The van der Waals surface area contributed by atoms with Gasteiger partial charge in [-0.2, -0.15) is 0 Å². The Morgan fingerprint density at radius 1 is 1.12 bits per heavy atom. The summed E-state index contributed by atoms with van der Waals surface area (Å²) in [6, 6.07) is 10.6. The normalized spacial score (nSPS) is 10.4. The van der Waals surface area contributed by atoms with Crippen molar-refractivity contribution in [2.45, 2.75) is 13.8 Å². The van der Waals surface area contributed by atoms with Crippen molar-refractivity contribution in [2.24, 2.45) is 0 Å². The van der Waals surface area contributed by atoms with Crippen LogP contribution in [-0.4, -0.2) is 0 Å². The molecule has 0 radical (unpaired) electrons. The summed E-state index contributed by atoms with van der Waals surface area (Å²) in [6.45, 7) is 4.00. The lowest BCUT2D eigenvalue weighted by molar-refractivity contribution is 0.632. The van der Waals surface area contributed by atoms with Crippen LogP contribution < -0.4 is 5.32 Å². The summed E-state index contributed by atoms with van der Waals surface area (Å²) in [7, 11) is 0. The van der Waals surface area contributed by atoms with Crippen molar-refractivity contribution in [3.05, 3.63) is 58.4 Å². The second-order valence-corrected chi connectivity index (χ2v) is 4.45. The third-order valence-electron chi connectivity index (χ3n) is 2.60. The average Bonchev–Trinajstić information content (AvgIpc) is 2.26. The molecule has 0 unspecified atom stereocenters. The van der Waals surface area contributed by atoms with Crippen LogP contribution in [0, 0.1) is 19.7 Å².